The molecule has 0 unspecified atom stereocenters. The average Bonchev–Trinajstić information content (AvgIpc) is 3.37. The van der Waals surface area contributed by atoms with Crippen LogP contribution >= 0.6 is 0 Å². The van der Waals surface area contributed by atoms with Crippen LogP contribution < -0.4 is 10.2 Å². The monoisotopic (exact) mass is 391 g/mol. The molecular weight excluding hydrogens is 366 g/mol. The molecule has 1 aromatic rings. The third kappa shape index (κ3) is 3.48. The molecule has 4 rings (SSSR count). The predicted molar refractivity (Wildman–Crippen MR) is 101 cm³/mol. The Balaban J connectivity index is 1.62. The maximum absolute atomic E-state index is 12.9. The molecule has 2 fully saturated rings. The number of sulfonamides is 1. The molecule has 1 atom stereocenters. The molecule has 27 heavy (non-hydrogen) atoms. The SMILES string of the molecule is CC(=O)N1c2ccc(S(=O)(=O)N3CCCCC3)cc2C[C@@H]1C(=O)NC1CC1. The first-order valence-corrected chi connectivity index (χ1v) is 11.0. The number of nitrogens with one attached hydrogen (secondary N) is 1. The highest BCUT2D eigenvalue weighted by molar-refractivity contribution is 7.89. The highest BCUT2D eigenvalue weighted by Crippen LogP contribution is 2.35. The lowest BCUT2D eigenvalue weighted by molar-refractivity contribution is -0.125. The van der Waals surface area contributed by atoms with E-state index < -0.39 is 16.1 Å². The summed E-state index contributed by atoms with van der Waals surface area (Å²) in [6, 6.07) is 4.47. The van der Waals surface area contributed by atoms with Gasteiger partial charge in [-0.1, -0.05) is 6.42 Å². The zero-order valence-corrected chi connectivity index (χ0v) is 16.3. The minimum Gasteiger partial charge on any atom is -0.352 e. The number of hydrogen-bond donors (Lipinski definition) is 1. The average molecular weight is 391 g/mol. The Morgan fingerprint density at radius 3 is 2.44 bits per heavy atom. The zero-order chi connectivity index (χ0) is 19.2. The first-order valence-electron chi connectivity index (χ1n) is 9.61. The minimum atomic E-state index is -3.54. The number of rotatable bonds is 4. The van der Waals surface area contributed by atoms with Gasteiger partial charge in [-0.25, -0.2) is 8.42 Å². The van der Waals surface area contributed by atoms with Crippen molar-refractivity contribution in [3.8, 4) is 0 Å². The largest absolute Gasteiger partial charge is 0.352 e. The molecule has 1 N–H and O–H groups in total. The molecule has 0 spiro atoms. The Bertz CT molecular complexity index is 873. The number of nitrogens with zero attached hydrogens (tertiary/aromatic N) is 2. The van der Waals surface area contributed by atoms with E-state index in [9.17, 15) is 18.0 Å². The lowest BCUT2D eigenvalue weighted by Gasteiger charge is -2.26. The van der Waals surface area contributed by atoms with Gasteiger partial charge in [0.05, 0.1) is 4.90 Å². The molecular formula is C19H25N3O4S. The number of amides is 2. The summed E-state index contributed by atoms with van der Waals surface area (Å²) in [5, 5.41) is 2.95. The van der Waals surface area contributed by atoms with E-state index >= 15 is 0 Å². The molecule has 1 aromatic carbocycles. The Labute approximate surface area is 159 Å². The fourth-order valence-corrected chi connectivity index (χ4v) is 5.53. The number of hydrogen-bond acceptors (Lipinski definition) is 4. The first kappa shape index (κ1) is 18.4. The number of fused-ring (bicyclic) bond motifs is 1. The molecule has 2 aliphatic heterocycles. The third-order valence-electron chi connectivity index (χ3n) is 5.55. The highest BCUT2D eigenvalue weighted by Gasteiger charge is 2.39. The molecule has 1 saturated heterocycles. The molecule has 3 aliphatic rings. The Hall–Kier alpha value is -1.93. The van der Waals surface area contributed by atoms with Gasteiger partial charge < -0.3 is 5.32 Å². The second kappa shape index (κ2) is 6.91. The number of piperidine rings is 1. The van der Waals surface area contributed by atoms with Crippen molar-refractivity contribution in [1.82, 2.24) is 9.62 Å². The predicted octanol–water partition coefficient (Wildman–Crippen LogP) is 1.42. The molecule has 2 amide bonds. The second-order valence-electron chi connectivity index (χ2n) is 7.65. The van der Waals surface area contributed by atoms with Crippen molar-refractivity contribution in [3.63, 3.8) is 0 Å². The zero-order valence-electron chi connectivity index (χ0n) is 15.5. The molecule has 1 saturated carbocycles. The van der Waals surface area contributed by atoms with Gasteiger partial charge in [0.1, 0.15) is 6.04 Å². The molecule has 0 aromatic heterocycles. The standard InChI is InChI=1S/C19H25N3O4S/c1-13(23)22-17-8-7-16(27(25,26)21-9-3-2-4-10-21)11-14(17)12-18(22)19(24)20-15-5-6-15/h7-8,11,15,18H,2-6,9-10,12H2,1H3,(H,20,24)/t18-/m1/s1. The van der Waals surface area contributed by atoms with E-state index in [0.29, 0.717) is 25.2 Å². The number of carbonyl (C=O) groups excluding carboxylic acids is 2. The molecule has 0 bridgehead atoms. The van der Waals surface area contributed by atoms with Crippen molar-refractivity contribution in [3.05, 3.63) is 23.8 Å². The van der Waals surface area contributed by atoms with Gasteiger partial charge in [0.2, 0.25) is 21.8 Å². The van der Waals surface area contributed by atoms with Crippen molar-refractivity contribution >= 4 is 27.5 Å². The normalized spacial score (nSPS) is 23.1. The van der Waals surface area contributed by atoms with Crippen LogP contribution in [-0.2, 0) is 26.0 Å². The van der Waals surface area contributed by atoms with E-state index in [0.717, 1.165) is 37.7 Å². The minimum absolute atomic E-state index is 0.163. The summed E-state index contributed by atoms with van der Waals surface area (Å²) in [4.78, 5) is 26.5. The molecule has 8 heteroatoms. The van der Waals surface area contributed by atoms with Gasteiger partial charge in [-0.2, -0.15) is 4.31 Å². The summed E-state index contributed by atoms with van der Waals surface area (Å²) >= 11 is 0. The summed E-state index contributed by atoms with van der Waals surface area (Å²) < 4.78 is 27.4. The van der Waals surface area contributed by atoms with Crippen molar-refractivity contribution in [2.24, 2.45) is 0 Å². The summed E-state index contributed by atoms with van der Waals surface area (Å²) in [5.74, 6) is -0.374. The maximum atomic E-state index is 12.9. The molecule has 1 aliphatic carbocycles. The molecule has 0 radical (unpaired) electrons. The maximum Gasteiger partial charge on any atom is 0.243 e. The van der Waals surface area contributed by atoms with Crippen molar-refractivity contribution in [1.29, 1.82) is 0 Å². The Morgan fingerprint density at radius 1 is 1.11 bits per heavy atom. The van der Waals surface area contributed by atoms with Gasteiger partial charge in [0.25, 0.3) is 0 Å². The van der Waals surface area contributed by atoms with Crippen LogP contribution in [0, 0.1) is 0 Å². The summed E-state index contributed by atoms with van der Waals surface area (Å²) in [6.07, 6.45) is 5.11. The van der Waals surface area contributed by atoms with E-state index in [-0.39, 0.29) is 22.8 Å². The third-order valence-corrected chi connectivity index (χ3v) is 7.45. The van der Waals surface area contributed by atoms with Gasteiger partial charge in [-0.15, -0.1) is 0 Å². The van der Waals surface area contributed by atoms with Gasteiger partial charge >= 0.3 is 0 Å². The highest BCUT2D eigenvalue weighted by atomic mass is 32.2. The van der Waals surface area contributed by atoms with Crippen molar-refractivity contribution in [2.75, 3.05) is 18.0 Å². The lowest BCUT2D eigenvalue weighted by Crippen LogP contribution is -2.47. The first-order chi connectivity index (χ1) is 12.9. The number of anilines is 1. The van der Waals surface area contributed by atoms with Crippen LogP contribution in [0.15, 0.2) is 23.1 Å². The van der Waals surface area contributed by atoms with Crippen LogP contribution in [0.1, 0.15) is 44.6 Å². The lowest BCUT2D eigenvalue weighted by atomic mass is 10.1. The second-order valence-corrected chi connectivity index (χ2v) is 9.59. The summed E-state index contributed by atoms with van der Waals surface area (Å²) in [6.45, 7) is 2.53. The number of carbonyl (C=O) groups is 2. The fraction of sp³-hybridized carbons (Fsp3) is 0.579. The van der Waals surface area contributed by atoms with Crippen LogP contribution in [0.5, 0.6) is 0 Å². The van der Waals surface area contributed by atoms with Crippen LogP contribution in [0.2, 0.25) is 0 Å². The summed E-state index contributed by atoms with van der Waals surface area (Å²) in [5.41, 5.74) is 1.37. The van der Waals surface area contributed by atoms with Gasteiger partial charge in [0.15, 0.2) is 0 Å². The Kier molecular flexibility index (Phi) is 4.71. The van der Waals surface area contributed by atoms with Gasteiger partial charge in [0, 0.05) is 38.2 Å². The smallest absolute Gasteiger partial charge is 0.243 e. The van der Waals surface area contributed by atoms with Crippen LogP contribution in [0.3, 0.4) is 0 Å². The fourth-order valence-electron chi connectivity index (χ4n) is 3.97. The van der Waals surface area contributed by atoms with Crippen LogP contribution in [0.25, 0.3) is 0 Å². The Morgan fingerprint density at radius 2 is 1.81 bits per heavy atom. The van der Waals surface area contributed by atoms with E-state index in [2.05, 4.69) is 5.32 Å². The van der Waals surface area contributed by atoms with E-state index in [1.54, 1.807) is 18.2 Å². The molecule has 2 heterocycles. The van der Waals surface area contributed by atoms with Crippen LogP contribution in [0.4, 0.5) is 5.69 Å². The molecule has 146 valence electrons. The van der Waals surface area contributed by atoms with Crippen LogP contribution in [-0.4, -0.2) is 49.7 Å². The summed E-state index contributed by atoms with van der Waals surface area (Å²) in [7, 11) is -3.54. The van der Waals surface area contributed by atoms with Gasteiger partial charge in [-0.05, 0) is 49.4 Å². The topological polar surface area (TPSA) is 86.8 Å². The quantitative estimate of drug-likeness (QED) is 0.841. The molecule has 7 nitrogen and oxygen atoms in total. The number of benzene rings is 1. The van der Waals surface area contributed by atoms with E-state index in [4.69, 9.17) is 0 Å². The van der Waals surface area contributed by atoms with Crippen molar-refractivity contribution < 1.29 is 18.0 Å². The van der Waals surface area contributed by atoms with E-state index in [1.165, 1.54) is 16.1 Å². The van der Waals surface area contributed by atoms with Crippen molar-refractivity contribution in [2.45, 2.75) is 62.4 Å². The van der Waals surface area contributed by atoms with E-state index in [1.807, 2.05) is 0 Å². The van der Waals surface area contributed by atoms with Gasteiger partial charge in [-0.3, -0.25) is 14.5 Å².